The monoisotopic (exact) mass is 315 g/mol. The van der Waals surface area contributed by atoms with Crippen LogP contribution in [0, 0.1) is 0 Å². The van der Waals surface area contributed by atoms with E-state index in [4.69, 9.17) is 21.1 Å². The first-order valence-electron chi connectivity index (χ1n) is 7.26. The summed E-state index contributed by atoms with van der Waals surface area (Å²) in [5.41, 5.74) is 2.19. The average molecular weight is 316 g/mol. The summed E-state index contributed by atoms with van der Waals surface area (Å²) in [6.45, 7) is 3.48. The zero-order valence-corrected chi connectivity index (χ0v) is 13.4. The maximum atomic E-state index is 6.33. The van der Waals surface area contributed by atoms with Crippen molar-refractivity contribution < 1.29 is 9.47 Å². The number of halogens is 1. The van der Waals surface area contributed by atoms with Gasteiger partial charge in [-0.05, 0) is 25.1 Å². The van der Waals surface area contributed by atoms with Gasteiger partial charge in [0.2, 0.25) is 0 Å². The van der Waals surface area contributed by atoms with Crippen LogP contribution in [0.15, 0.2) is 48.7 Å². The highest BCUT2D eigenvalue weighted by molar-refractivity contribution is 6.35. The SMILES string of the molecule is CCn1cc(COc2cccc(OC)c2)c2cccc(Cl)c21. The van der Waals surface area contributed by atoms with E-state index in [9.17, 15) is 0 Å². The predicted octanol–water partition coefficient (Wildman–Crippen LogP) is 4.90. The first-order valence-corrected chi connectivity index (χ1v) is 7.63. The molecule has 3 rings (SSSR count). The fourth-order valence-electron chi connectivity index (χ4n) is 2.61. The van der Waals surface area contributed by atoms with Crippen LogP contribution in [0.3, 0.4) is 0 Å². The van der Waals surface area contributed by atoms with Gasteiger partial charge in [-0.2, -0.15) is 0 Å². The first kappa shape index (κ1) is 14.8. The number of fused-ring (bicyclic) bond motifs is 1. The summed E-state index contributed by atoms with van der Waals surface area (Å²) >= 11 is 6.33. The lowest BCUT2D eigenvalue weighted by molar-refractivity contribution is 0.304. The number of ether oxygens (including phenoxy) is 2. The van der Waals surface area contributed by atoms with Crippen LogP contribution in [0.4, 0.5) is 0 Å². The van der Waals surface area contributed by atoms with Gasteiger partial charge < -0.3 is 14.0 Å². The fraction of sp³-hybridized carbons (Fsp3) is 0.222. The number of aryl methyl sites for hydroxylation is 1. The highest BCUT2D eigenvalue weighted by atomic mass is 35.5. The van der Waals surface area contributed by atoms with Gasteiger partial charge in [-0.3, -0.25) is 0 Å². The Kier molecular flexibility index (Phi) is 4.25. The Morgan fingerprint density at radius 2 is 1.86 bits per heavy atom. The first-order chi connectivity index (χ1) is 10.7. The number of hydrogen-bond acceptors (Lipinski definition) is 2. The van der Waals surface area contributed by atoms with E-state index in [0.717, 1.165) is 39.5 Å². The second-order valence-corrected chi connectivity index (χ2v) is 5.45. The molecule has 0 N–H and O–H groups in total. The van der Waals surface area contributed by atoms with Crippen molar-refractivity contribution in [3.8, 4) is 11.5 Å². The molecule has 0 saturated heterocycles. The lowest BCUT2D eigenvalue weighted by Gasteiger charge is -2.07. The van der Waals surface area contributed by atoms with Gasteiger partial charge in [0.15, 0.2) is 0 Å². The van der Waals surface area contributed by atoms with Crippen molar-refractivity contribution in [2.24, 2.45) is 0 Å². The van der Waals surface area contributed by atoms with Crippen LogP contribution in [0.1, 0.15) is 12.5 Å². The Balaban J connectivity index is 1.89. The summed E-state index contributed by atoms with van der Waals surface area (Å²) in [6, 6.07) is 13.6. The van der Waals surface area contributed by atoms with Crippen LogP contribution in [0.2, 0.25) is 5.02 Å². The van der Waals surface area contributed by atoms with Crippen LogP contribution in [-0.2, 0) is 13.2 Å². The molecule has 3 aromatic rings. The van der Waals surface area contributed by atoms with Gasteiger partial charge in [-0.1, -0.05) is 29.8 Å². The third-order valence-electron chi connectivity index (χ3n) is 3.71. The zero-order chi connectivity index (χ0) is 15.5. The summed E-state index contributed by atoms with van der Waals surface area (Å²) in [6.07, 6.45) is 2.11. The summed E-state index contributed by atoms with van der Waals surface area (Å²) in [5.74, 6) is 1.58. The molecule has 2 aromatic carbocycles. The smallest absolute Gasteiger partial charge is 0.123 e. The molecule has 0 aliphatic heterocycles. The van der Waals surface area contributed by atoms with E-state index in [2.05, 4.69) is 23.8 Å². The summed E-state index contributed by atoms with van der Waals surface area (Å²) in [5, 5.41) is 1.91. The number of aromatic nitrogens is 1. The molecule has 0 atom stereocenters. The summed E-state index contributed by atoms with van der Waals surface area (Å²) in [7, 11) is 1.65. The van der Waals surface area contributed by atoms with Crippen LogP contribution >= 0.6 is 11.6 Å². The third kappa shape index (κ3) is 2.77. The van der Waals surface area contributed by atoms with E-state index in [0.29, 0.717) is 6.61 Å². The Hall–Kier alpha value is -2.13. The highest BCUT2D eigenvalue weighted by Crippen LogP contribution is 2.29. The Labute approximate surface area is 135 Å². The predicted molar refractivity (Wildman–Crippen MR) is 89.9 cm³/mol. The molecule has 114 valence electrons. The molecule has 0 unspecified atom stereocenters. The molecule has 0 saturated carbocycles. The number of benzene rings is 2. The van der Waals surface area contributed by atoms with Gasteiger partial charge in [0, 0.05) is 29.8 Å². The van der Waals surface area contributed by atoms with Crippen molar-refractivity contribution in [2.75, 3.05) is 7.11 Å². The molecule has 22 heavy (non-hydrogen) atoms. The van der Waals surface area contributed by atoms with Crippen molar-refractivity contribution in [1.82, 2.24) is 4.57 Å². The minimum atomic E-state index is 0.497. The van der Waals surface area contributed by atoms with Crippen molar-refractivity contribution in [2.45, 2.75) is 20.1 Å². The van der Waals surface area contributed by atoms with E-state index in [1.807, 2.05) is 36.4 Å². The number of methoxy groups -OCH3 is 1. The van der Waals surface area contributed by atoms with Gasteiger partial charge in [-0.15, -0.1) is 0 Å². The maximum absolute atomic E-state index is 6.33. The zero-order valence-electron chi connectivity index (χ0n) is 12.7. The molecule has 0 amide bonds. The van der Waals surface area contributed by atoms with Gasteiger partial charge in [0.25, 0.3) is 0 Å². The van der Waals surface area contributed by atoms with Crippen LogP contribution < -0.4 is 9.47 Å². The molecule has 0 aliphatic rings. The normalized spacial score (nSPS) is 10.9. The standard InChI is InChI=1S/C18H18ClNO2/c1-3-20-11-13(16-8-5-9-17(19)18(16)20)12-22-15-7-4-6-14(10-15)21-2/h4-11H,3,12H2,1-2H3. The number of para-hydroxylation sites is 1. The average Bonchev–Trinajstić information content (AvgIpc) is 2.92. The molecular formula is C18H18ClNO2. The second kappa shape index (κ2) is 6.32. The van der Waals surface area contributed by atoms with Crippen LogP contribution in [0.25, 0.3) is 10.9 Å². The lowest BCUT2D eigenvalue weighted by atomic mass is 10.2. The molecule has 0 spiro atoms. The number of nitrogens with zero attached hydrogens (tertiary/aromatic N) is 1. The minimum Gasteiger partial charge on any atom is -0.497 e. The fourth-order valence-corrected chi connectivity index (χ4v) is 2.89. The molecule has 3 nitrogen and oxygen atoms in total. The molecule has 0 bridgehead atoms. The molecule has 0 radical (unpaired) electrons. The van der Waals surface area contributed by atoms with E-state index in [1.54, 1.807) is 7.11 Å². The molecule has 1 heterocycles. The Morgan fingerprint density at radius 3 is 2.64 bits per heavy atom. The van der Waals surface area contributed by atoms with E-state index >= 15 is 0 Å². The second-order valence-electron chi connectivity index (χ2n) is 5.04. The van der Waals surface area contributed by atoms with E-state index in [-0.39, 0.29) is 0 Å². The Bertz CT molecular complexity index is 795. The molecule has 4 heteroatoms. The largest absolute Gasteiger partial charge is 0.497 e. The number of rotatable bonds is 5. The topological polar surface area (TPSA) is 23.4 Å². The van der Waals surface area contributed by atoms with Crippen molar-refractivity contribution in [3.05, 3.63) is 59.2 Å². The van der Waals surface area contributed by atoms with Gasteiger partial charge in [0.1, 0.15) is 18.1 Å². The Morgan fingerprint density at radius 1 is 1.09 bits per heavy atom. The van der Waals surface area contributed by atoms with E-state index < -0.39 is 0 Å². The van der Waals surface area contributed by atoms with Crippen molar-refractivity contribution >= 4 is 22.5 Å². The van der Waals surface area contributed by atoms with E-state index in [1.165, 1.54) is 0 Å². The molecule has 1 aromatic heterocycles. The maximum Gasteiger partial charge on any atom is 0.123 e. The van der Waals surface area contributed by atoms with Gasteiger partial charge >= 0.3 is 0 Å². The highest BCUT2D eigenvalue weighted by Gasteiger charge is 2.11. The molecule has 0 fully saturated rings. The summed E-state index contributed by atoms with van der Waals surface area (Å²) < 4.78 is 13.3. The quantitative estimate of drug-likeness (QED) is 0.668. The van der Waals surface area contributed by atoms with Crippen LogP contribution in [-0.4, -0.2) is 11.7 Å². The lowest BCUT2D eigenvalue weighted by Crippen LogP contribution is -1.95. The van der Waals surface area contributed by atoms with Crippen molar-refractivity contribution in [3.63, 3.8) is 0 Å². The molecule has 0 aliphatic carbocycles. The van der Waals surface area contributed by atoms with Gasteiger partial charge in [-0.25, -0.2) is 0 Å². The van der Waals surface area contributed by atoms with Crippen LogP contribution in [0.5, 0.6) is 11.5 Å². The van der Waals surface area contributed by atoms with Crippen molar-refractivity contribution in [1.29, 1.82) is 0 Å². The molecular weight excluding hydrogens is 298 g/mol. The van der Waals surface area contributed by atoms with Gasteiger partial charge in [0.05, 0.1) is 17.6 Å². The minimum absolute atomic E-state index is 0.497. The third-order valence-corrected chi connectivity index (χ3v) is 4.01. The summed E-state index contributed by atoms with van der Waals surface area (Å²) in [4.78, 5) is 0. The number of hydrogen-bond donors (Lipinski definition) is 0.